The van der Waals surface area contributed by atoms with Crippen LogP contribution in [0, 0.1) is 13.8 Å². The summed E-state index contributed by atoms with van der Waals surface area (Å²) < 4.78 is 5.25. The Hall–Kier alpha value is -1.62. The Labute approximate surface area is 93.7 Å². The monoisotopic (exact) mass is 225 g/mol. The van der Waals surface area contributed by atoms with Gasteiger partial charge in [0, 0.05) is 18.7 Å². The fourth-order valence-corrected chi connectivity index (χ4v) is 1.40. The van der Waals surface area contributed by atoms with E-state index in [-0.39, 0.29) is 24.7 Å². The lowest BCUT2D eigenvalue weighted by atomic mass is 10.1. The number of carboxylic acid groups (broad SMARTS) is 1. The molecule has 5 heteroatoms. The third kappa shape index (κ3) is 2.93. The van der Waals surface area contributed by atoms with Crippen LogP contribution in [0.3, 0.4) is 0 Å². The van der Waals surface area contributed by atoms with Crippen LogP contribution < -0.4 is 4.74 Å². The summed E-state index contributed by atoms with van der Waals surface area (Å²) in [6.07, 6.45) is 0.452. The van der Waals surface area contributed by atoms with Crippen molar-refractivity contribution in [1.29, 1.82) is 0 Å². The summed E-state index contributed by atoms with van der Waals surface area (Å²) >= 11 is 0. The summed E-state index contributed by atoms with van der Waals surface area (Å²) in [4.78, 5) is 15.1. The molecule has 0 aromatic carbocycles. The highest BCUT2D eigenvalue weighted by atomic mass is 16.5. The number of pyridine rings is 1. The molecule has 1 aromatic heterocycles. The first-order chi connectivity index (χ1) is 7.56. The van der Waals surface area contributed by atoms with Crippen LogP contribution in [0.25, 0.3) is 0 Å². The van der Waals surface area contributed by atoms with Gasteiger partial charge in [0.05, 0.1) is 6.61 Å². The van der Waals surface area contributed by atoms with Gasteiger partial charge in [0.15, 0.2) is 0 Å². The van der Waals surface area contributed by atoms with Crippen molar-refractivity contribution in [3.05, 3.63) is 22.9 Å². The highest BCUT2D eigenvalue weighted by Crippen LogP contribution is 2.20. The van der Waals surface area contributed by atoms with E-state index in [1.54, 1.807) is 19.9 Å². The number of carbonyl (C=O) groups is 1. The fourth-order valence-electron chi connectivity index (χ4n) is 1.40. The summed E-state index contributed by atoms with van der Waals surface area (Å²) in [7, 11) is 0. The number of aliphatic hydroxyl groups is 1. The van der Waals surface area contributed by atoms with Crippen LogP contribution >= 0.6 is 0 Å². The maximum Gasteiger partial charge on any atom is 0.341 e. The number of nitrogens with zero attached hydrogens (tertiary/aromatic N) is 1. The standard InChI is InChI=1S/C11H15NO4/c1-7-6-8(2)12-10(9(7)11(14)15)16-5-3-4-13/h6,13H,3-5H2,1-2H3,(H,14,15). The molecule has 2 N–H and O–H groups in total. The van der Waals surface area contributed by atoms with Crippen LogP contribution in [0.4, 0.5) is 0 Å². The second-order valence-electron chi connectivity index (χ2n) is 3.49. The van der Waals surface area contributed by atoms with E-state index in [1.807, 2.05) is 0 Å². The minimum absolute atomic E-state index is 0.00715. The van der Waals surface area contributed by atoms with Gasteiger partial charge in [-0.05, 0) is 25.5 Å². The van der Waals surface area contributed by atoms with E-state index >= 15 is 0 Å². The molecule has 0 amide bonds. The largest absolute Gasteiger partial charge is 0.477 e. The van der Waals surface area contributed by atoms with Gasteiger partial charge in [-0.25, -0.2) is 9.78 Å². The van der Waals surface area contributed by atoms with Gasteiger partial charge in [-0.2, -0.15) is 0 Å². The maximum atomic E-state index is 11.0. The van der Waals surface area contributed by atoms with Gasteiger partial charge in [0.1, 0.15) is 5.56 Å². The molecule has 0 atom stereocenters. The van der Waals surface area contributed by atoms with Crippen LogP contribution in [0.15, 0.2) is 6.07 Å². The Morgan fingerprint density at radius 2 is 2.19 bits per heavy atom. The summed E-state index contributed by atoms with van der Waals surface area (Å²) in [6.45, 7) is 3.74. The van der Waals surface area contributed by atoms with E-state index in [2.05, 4.69) is 4.98 Å². The van der Waals surface area contributed by atoms with E-state index in [4.69, 9.17) is 14.9 Å². The van der Waals surface area contributed by atoms with E-state index in [0.29, 0.717) is 17.7 Å². The molecule has 88 valence electrons. The number of aromatic nitrogens is 1. The molecule has 0 saturated heterocycles. The van der Waals surface area contributed by atoms with E-state index in [0.717, 1.165) is 0 Å². The van der Waals surface area contributed by atoms with Gasteiger partial charge in [0.25, 0.3) is 0 Å². The molecule has 1 aromatic rings. The summed E-state index contributed by atoms with van der Waals surface area (Å²) in [5.74, 6) is -0.928. The molecule has 16 heavy (non-hydrogen) atoms. The molecule has 1 heterocycles. The Morgan fingerprint density at radius 1 is 1.50 bits per heavy atom. The Morgan fingerprint density at radius 3 is 2.75 bits per heavy atom. The molecule has 0 aliphatic rings. The zero-order valence-electron chi connectivity index (χ0n) is 9.36. The third-order valence-electron chi connectivity index (χ3n) is 2.07. The lowest BCUT2D eigenvalue weighted by Crippen LogP contribution is -2.10. The molecule has 0 unspecified atom stereocenters. The number of rotatable bonds is 5. The molecule has 0 saturated carbocycles. The predicted molar refractivity (Wildman–Crippen MR) is 57.9 cm³/mol. The highest BCUT2D eigenvalue weighted by molar-refractivity contribution is 5.91. The van der Waals surface area contributed by atoms with E-state index in [1.165, 1.54) is 0 Å². The quantitative estimate of drug-likeness (QED) is 0.735. The number of hydrogen-bond donors (Lipinski definition) is 2. The van der Waals surface area contributed by atoms with Crippen molar-refractivity contribution in [2.24, 2.45) is 0 Å². The van der Waals surface area contributed by atoms with Gasteiger partial charge in [-0.15, -0.1) is 0 Å². The molecule has 0 aliphatic heterocycles. The number of carboxylic acids is 1. The normalized spacial score (nSPS) is 10.2. The minimum atomic E-state index is -1.05. The first-order valence-corrected chi connectivity index (χ1v) is 5.01. The number of aryl methyl sites for hydroxylation is 2. The van der Waals surface area contributed by atoms with E-state index in [9.17, 15) is 4.79 Å². The molecule has 0 spiro atoms. The number of hydrogen-bond acceptors (Lipinski definition) is 4. The lowest BCUT2D eigenvalue weighted by Gasteiger charge is -2.10. The number of ether oxygens (including phenoxy) is 1. The van der Waals surface area contributed by atoms with Gasteiger partial charge >= 0.3 is 5.97 Å². The molecule has 0 aliphatic carbocycles. The van der Waals surface area contributed by atoms with Crippen molar-refractivity contribution >= 4 is 5.97 Å². The minimum Gasteiger partial charge on any atom is -0.477 e. The maximum absolute atomic E-state index is 11.0. The van der Waals surface area contributed by atoms with Gasteiger partial charge in [-0.1, -0.05) is 0 Å². The molecule has 5 nitrogen and oxygen atoms in total. The second-order valence-corrected chi connectivity index (χ2v) is 3.49. The second kappa shape index (κ2) is 5.46. The SMILES string of the molecule is Cc1cc(C)c(C(=O)O)c(OCCCO)n1. The highest BCUT2D eigenvalue weighted by Gasteiger charge is 2.16. The Kier molecular flexibility index (Phi) is 4.25. The average Bonchev–Trinajstić information content (AvgIpc) is 2.16. The molecule has 1 rings (SSSR count). The van der Waals surface area contributed by atoms with Gasteiger partial charge < -0.3 is 14.9 Å². The van der Waals surface area contributed by atoms with Crippen LogP contribution in [-0.4, -0.2) is 34.4 Å². The Bertz CT molecular complexity index is 390. The molecule has 0 radical (unpaired) electrons. The van der Waals surface area contributed by atoms with Crippen molar-refractivity contribution in [2.45, 2.75) is 20.3 Å². The predicted octanol–water partition coefficient (Wildman–Crippen LogP) is 1.16. The van der Waals surface area contributed by atoms with Gasteiger partial charge in [-0.3, -0.25) is 0 Å². The zero-order valence-corrected chi connectivity index (χ0v) is 9.36. The molecular weight excluding hydrogens is 210 g/mol. The van der Waals surface area contributed by atoms with Crippen LogP contribution in [-0.2, 0) is 0 Å². The van der Waals surface area contributed by atoms with Crippen LogP contribution in [0.5, 0.6) is 5.88 Å². The fraction of sp³-hybridized carbons (Fsp3) is 0.455. The van der Waals surface area contributed by atoms with Crippen molar-refractivity contribution in [2.75, 3.05) is 13.2 Å². The average molecular weight is 225 g/mol. The first-order valence-electron chi connectivity index (χ1n) is 5.01. The van der Waals surface area contributed by atoms with Crippen molar-refractivity contribution < 1.29 is 19.7 Å². The molecule has 0 fully saturated rings. The lowest BCUT2D eigenvalue weighted by molar-refractivity contribution is 0.0690. The first kappa shape index (κ1) is 12.4. The number of aliphatic hydroxyl groups excluding tert-OH is 1. The summed E-state index contributed by atoms with van der Waals surface area (Å²) in [6, 6.07) is 1.70. The van der Waals surface area contributed by atoms with Crippen molar-refractivity contribution in [1.82, 2.24) is 4.98 Å². The third-order valence-corrected chi connectivity index (χ3v) is 2.07. The smallest absolute Gasteiger partial charge is 0.341 e. The topological polar surface area (TPSA) is 79.7 Å². The summed E-state index contributed by atoms with van der Waals surface area (Å²) in [5.41, 5.74) is 1.42. The zero-order chi connectivity index (χ0) is 12.1. The van der Waals surface area contributed by atoms with Gasteiger partial charge in [0.2, 0.25) is 5.88 Å². The van der Waals surface area contributed by atoms with Crippen molar-refractivity contribution in [3.8, 4) is 5.88 Å². The van der Waals surface area contributed by atoms with Crippen molar-refractivity contribution in [3.63, 3.8) is 0 Å². The summed E-state index contributed by atoms with van der Waals surface area (Å²) in [5, 5.41) is 17.6. The van der Waals surface area contributed by atoms with Crippen LogP contribution in [0.2, 0.25) is 0 Å². The molecule has 0 bridgehead atoms. The Balaban J connectivity index is 2.99. The molecular formula is C11H15NO4. The van der Waals surface area contributed by atoms with E-state index < -0.39 is 5.97 Å². The number of aromatic carboxylic acids is 1. The van der Waals surface area contributed by atoms with Crippen LogP contribution in [0.1, 0.15) is 28.0 Å².